The van der Waals surface area contributed by atoms with Gasteiger partial charge >= 0.3 is 16.1 Å². The predicted octanol–water partition coefficient (Wildman–Crippen LogP) is -1.71. The van der Waals surface area contributed by atoms with Crippen LogP contribution in [-0.4, -0.2) is 88.7 Å². The molecule has 9 atom stereocenters. The van der Waals surface area contributed by atoms with Crippen molar-refractivity contribution in [1.82, 2.24) is 25.7 Å². The number of phosphoric acid groups is 1. The molecule has 0 aromatic carbocycles. The van der Waals surface area contributed by atoms with E-state index in [1.54, 1.807) is 0 Å². The van der Waals surface area contributed by atoms with Gasteiger partial charge in [-0.1, -0.05) is 0 Å². The summed E-state index contributed by atoms with van der Waals surface area (Å²) in [5.41, 5.74) is 6.21. The van der Waals surface area contributed by atoms with Crippen LogP contribution in [0.5, 0.6) is 0 Å². The third-order valence-electron chi connectivity index (χ3n) is 5.30. The Morgan fingerprint density at radius 1 is 1.20 bits per heavy atom. The van der Waals surface area contributed by atoms with Crippen molar-refractivity contribution in [2.75, 3.05) is 12.3 Å². The van der Waals surface area contributed by atoms with Crippen LogP contribution >= 0.6 is 16.1 Å². The van der Waals surface area contributed by atoms with E-state index in [0.717, 1.165) is 0 Å². The molecule has 35 heavy (non-hydrogen) atoms. The Balaban J connectivity index is 0.00000216. The van der Waals surface area contributed by atoms with E-state index in [1.165, 1.54) is 17.2 Å². The van der Waals surface area contributed by atoms with Crippen LogP contribution in [0.15, 0.2) is 12.7 Å². The van der Waals surface area contributed by atoms with Crippen LogP contribution in [0.3, 0.4) is 0 Å². The minimum absolute atomic E-state index is 0. The molecule has 2 fully saturated rings. The summed E-state index contributed by atoms with van der Waals surface area (Å²) in [7, 11) is -8.43. The lowest BCUT2D eigenvalue weighted by Gasteiger charge is -2.23. The fraction of sp³-hybridized carbons (Fsp3) is 0.667. The zero-order valence-electron chi connectivity index (χ0n) is 18.2. The molecule has 18 nitrogen and oxygen atoms in total. The summed E-state index contributed by atoms with van der Waals surface area (Å²) in [6.45, 7) is -0.613. The molecule has 0 radical (unpaired) electrons. The lowest BCUT2D eigenvalue weighted by Crippen LogP contribution is -2.33. The van der Waals surface area contributed by atoms with E-state index in [9.17, 15) is 34.4 Å². The summed E-state index contributed by atoms with van der Waals surface area (Å²) in [6, 6.07) is 0. The smallest absolute Gasteiger partial charge is 0.705 e. The van der Waals surface area contributed by atoms with Crippen LogP contribution in [0, 0.1) is 0 Å². The molecular formula is C15H26N6O12P2. The average Bonchev–Trinajstić information content (AvgIpc) is 3.40. The first-order chi connectivity index (χ1) is 15.6. The first kappa shape index (κ1) is 29.5. The number of hydrogen-bond donors (Lipinski definition) is 6. The number of quaternary nitrogens is 1. The third kappa shape index (κ3) is 6.15. The Hall–Kier alpha value is -1.76. The van der Waals surface area contributed by atoms with Crippen molar-refractivity contribution in [2.24, 2.45) is 0 Å². The highest BCUT2D eigenvalue weighted by Crippen LogP contribution is 2.51. The van der Waals surface area contributed by atoms with Crippen molar-refractivity contribution >= 4 is 33.1 Å². The molecule has 4 rings (SSSR count). The summed E-state index contributed by atoms with van der Waals surface area (Å²) < 4.78 is 44.5. The Morgan fingerprint density at radius 2 is 1.91 bits per heavy atom. The fourth-order valence-electron chi connectivity index (χ4n) is 3.62. The fourth-order valence-corrected chi connectivity index (χ4v) is 5.44. The SMILES string of the molecule is Nc1ncnc2c1ncn2C1O[C@H](CO[P+](=O)OP(=O)([O-])O[C@H]2CCC(O)[C@H]2O)C(O)C1O.[NH4+].[OH-]. The number of nitrogens with two attached hydrogens (primary N) is 1. The van der Waals surface area contributed by atoms with E-state index in [0.29, 0.717) is 0 Å². The molecule has 0 spiro atoms. The molecule has 1 saturated carbocycles. The number of phosphoric ester groups is 1. The molecule has 1 aliphatic heterocycles. The van der Waals surface area contributed by atoms with Crippen molar-refractivity contribution in [3.63, 3.8) is 0 Å². The molecular weight excluding hydrogens is 518 g/mol. The van der Waals surface area contributed by atoms with Crippen molar-refractivity contribution in [1.29, 1.82) is 0 Å². The first-order valence-electron chi connectivity index (χ1n) is 9.67. The lowest BCUT2D eigenvalue weighted by molar-refractivity contribution is -0.224. The van der Waals surface area contributed by atoms with E-state index in [-0.39, 0.29) is 41.5 Å². The van der Waals surface area contributed by atoms with E-state index in [2.05, 4.69) is 23.8 Å². The van der Waals surface area contributed by atoms with Crippen molar-refractivity contribution in [3.05, 3.63) is 12.7 Å². The van der Waals surface area contributed by atoms with Crippen LogP contribution in [-0.2, 0) is 27.2 Å². The third-order valence-corrected chi connectivity index (χ3v) is 7.52. The molecule has 1 saturated heterocycles. The van der Waals surface area contributed by atoms with Crippen molar-refractivity contribution < 1.29 is 58.0 Å². The monoisotopic (exact) mass is 544 g/mol. The molecule has 2 aromatic rings. The van der Waals surface area contributed by atoms with Crippen LogP contribution in [0.1, 0.15) is 19.1 Å². The van der Waals surface area contributed by atoms with Gasteiger partial charge in [0.15, 0.2) is 17.7 Å². The van der Waals surface area contributed by atoms with E-state index in [4.69, 9.17) is 15.0 Å². The van der Waals surface area contributed by atoms with Crippen LogP contribution < -0.4 is 16.8 Å². The zero-order chi connectivity index (χ0) is 23.9. The van der Waals surface area contributed by atoms with Gasteiger partial charge in [0.25, 0.3) is 0 Å². The molecule has 6 unspecified atom stereocenters. The number of aliphatic hydroxyl groups excluding tert-OH is 4. The standard InChI is InChI=1S/C15H21N5O11P2.H3N.H2O/c16-13-9-14(18-4-17-13)20(5-19-9)15-12(24)11(23)8(29-15)3-28-32(25)31-33(26,27)30-7-2-1-6(21)10(7)22;;/h4-8,10-12,15,21-24H,1-3H2,(H2-,16,17,18,26,27);1H3;1H2/t6?,7-,8+,10+,11?,12?,15?;;/m0../s1. The van der Waals surface area contributed by atoms with Gasteiger partial charge in [-0.2, -0.15) is 0 Å². The number of nitrogens with zero attached hydrogens (tertiary/aromatic N) is 4. The summed E-state index contributed by atoms with van der Waals surface area (Å²) in [5, 5.41) is 39.7. The number of anilines is 1. The highest BCUT2D eigenvalue weighted by molar-refractivity contribution is 7.55. The van der Waals surface area contributed by atoms with Crippen molar-refractivity contribution in [2.45, 2.75) is 55.7 Å². The number of hydrogen-bond acceptors (Lipinski definition) is 16. The number of nitrogen functional groups attached to an aromatic ring is 1. The maximum atomic E-state index is 11.9. The average molecular weight is 544 g/mol. The Labute approximate surface area is 198 Å². The van der Waals surface area contributed by atoms with Gasteiger partial charge in [0.05, 0.1) is 18.5 Å². The molecule has 3 heterocycles. The summed E-state index contributed by atoms with van der Waals surface area (Å²) in [4.78, 5) is 23.8. The Morgan fingerprint density at radius 3 is 2.57 bits per heavy atom. The van der Waals surface area contributed by atoms with Crippen LogP contribution in [0.25, 0.3) is 11.2 Å². The Kier molecular flexibility index (Phi) is 9.71. The molecule has 11 N–H and O–H groups in total. The van der Waals surface area contributed by atoms with Gasteiger partial charge in [-0.25, -0.2) is 15.0 Å². The predicted molar refractivity (Wildman–Crippen MR) is 112 cm³/mol. The summed E-state index contributed by atoms with van der Waals surface area (Å²) >= 11 is 0. The molecule has 198 valence electrons. The van der Waals surface area contributed by atoms with Gasteiger partial charge in [0.1, 0.15) is 42.9 Å². The highest BCUT2D eigenvalue weighted by Gasteiger charge is 2.46. The summed E-state index contributed by atoms with van der Waals surface area (Å²) in [6.07, 6.45) is -6.52. The zero-order valence-corrected chi connectivity index (χ0v) is 20.0. The number of rotatable bonds is 8. The first-order valence-corrected chi connectivity index (χ1v) is 12.2. The van der Waals surface area contributed by atoms with Crippen molar-refractivity contribution in [3.8, 4) is 0 Å². The van der Waals surface area contributed by atoms with Gasteiger partial charge in [-0.3, -0.25) is 9.13 Å². The molecule has 2 aromatic heterocycles. The second-order valence-electron chi connectivity index (χ2n) is 7.46. The van der Waals surface area contributed by atoms with Gasteiger partial charge < -0.3 is 51.9 Å². The van der Waals surface area contributed by atoms with Gasteiger partial charge in [-0.15, -0.1) is 4.52 Å². The largest absolute Gasteiger partial charge is 0.870 e. The number of aromatic nitrogens is 4. The Bertz CT molecular complexity index is 1080. The second kappa shape index (κ2) is 11.5. The quantitative estimate of drug-likeness (QED) is 0.201. The number of ether oxygens (including phenoxy) is 1. The van der Waals surface area contributed by atoms with E-state index in [1.807, 2.05) is 0 Å². The maximum absolute atomic E-state index is 11.9. The molecule has 20 heteroatoms. The topological polar surface area (TPSA) is 311 Å². The summed E-state index contributed by atoms with van der Waals surface area (Å²) in [5.74, 6) is 0.102. The normalized spacial score (nSPS) is 32.6. The van der Waals surface area contributed by atoms with Crippen LogP contribution in [0.2, 0.25) is 0 Å². The van der Waals surface area contributed by atoms with E-state index >= 15 is 0 Å². The second-order valence-corrected chi connectivity index (χ2v) is 9.92. The number of imidazole rings is 1. The highest BCUT2D eigenvalue weighted by atomic mass is 31.2. The minimum atomic E-state index is -5.16. The van der Waals surface area contributed by atoms with Gasteiger partial charge in [0.2, 0.25) is 0 Å². The van der Waals surface area contributed by atoms with Crippen LogP contribution in [0.4, 0.5) is 5.82 Å². The van der Waals surface area contributed by atoms with E-state index < -0.39 is 65.5 Å². The molecule has 2 aliphatic rings. The van der Waals surface area contributed by atoms with Gasteiger partial charge in [0, 0.05) is 4.57 Å². The number of fused-ring (bicyclic) bond motifs is 1. The molecule has 0 amide bonds. The number of aliphatic hydroxyl groups is 4. The molecule has 0 bridgehead atoms. The molecule has 1 aliphatic carbocycles. The minimum Gasteiger partial charge on any atom is -0.870 e. The lowest BCUT2D eigenvalue weighted by atomic mass is 10.1. The maximum Gasteiger partial charge on any atom is 0.705 e. The van der Waals surface area contributed by atoms with Gasteiger partial charge in [-0.05, 0) is 17.2 Å².